The van der Waals surface area contributed by atoms with Gasteiger partial charge in [0.2, 0.25) is 11.8 Å². The van der Waals surface area contributed by atoms with Crippen LogP contribution < -0.4 is 16.0 Å². The Kier molecular flexibility index (Phi) is 6.51. The number of hydrogen-bond acceptors (Lipinski definition) is 6. The van der Waals surface area contributed by atoms with Gasteiger partial charge in [0.05, 0.1) is 16.8 Å². The molecule has 0 saturated heterocycles. The number of carbonyl (C=O) groups is 3. The zero-order chi connectivity index (χ0) is 19.3. The van der Waals surface area contributed by atoms with Crippen molar-refractivity contribution >= 4 is 50.3 Å². The van der Waals surface area contributed by atoms with Crippen LogP contribution in [0, 0.1) is 5.92 Å². The van der Waals surface area contributed by atoms with Crippen LogP contribution in [0.5, 0.6) is 0 Å². The number of aromatic nitrogens is 1. The van der Waals surface area contributed by atoms with Gasteiger partial charge in [-0.3, -0.25) is 9.59 Å². The molecule has 1 aromatic carbocycles. The molecule has 0 fully saturated rings. The fourth-order valence-corrected chi connectivity index (χ4v) is 3.19. The lowest BCUT2D eigenvalue weighted by atomic mass is 10.0. The van der Waals surface area contributed by atoms with Crippen molar-refractivity contribution in [1.29, 1.82) is 0 Å². The van der Waals surface area contributed by atoms with Crippen LogP contribution in [0.25, 0.3) is 10.2 Å². The largest absolute Gasteiger partial charge is 0.450 e. The van der Waals surface area contributed by atoms with Crippen molar-refractivity contribution in [1.82, 2.24) is 10.3 Å². The average molecular weight is 378 g/mol. The minimum absolute atomic E-state index is 0.125. The van der Waals surface area contributed by atoms with Gasteiger partial charge in [-0.2, -0.15) is 0 Å². The van der Waals surface area contributed by atoms with Crippen LogP contribution in [0.3, 0.4) is 0 Å². The number of thiazole rings is 1. The molecule has 9 heteroatoms. The topological polar surface area (TPSA) is 109 Å². The molecule has 0 bridgehead atoms. The summed E-state index contributed by atoms with van der Waals surface area (Å²) in [6, 6.07) is 4.56. The highest BCUT2D eigenvalue weighted by Gasteiger charge is 2.25. The lowest BCUT2D eigenvalue weighted by molar-refractivity contribution is -0.119. The highest BCUT2D eigenvalue weighted by Crippen LogP contribution is 2.28. The van der Waals surface area contributed by atoms with Gasteiger partial charge >= 0.3 is 6.09 Å². The summed E-state index contributed by atoms with van der Waals surface area (Å²) in [5, 5.41) is 8.41. The van der Waals surface area contributed by atoms with Crippen LogP contribution >= 0.6 is 11.3 Å². The number of nitrogens with one attached hydrogen (secondary N) is 3. The quantitative estimate of drug-likeness (QED) is 0.716. The zero-order valence-electron chi connectivity index (χ0n) is 15.1. The molecular weight excluding hydrogens is 356 g/mol. The molecule has 2 rings (SSSR count). The van der Waals surface area contributed by atoms with Gasteiger partial charge in [-0.25, -0.2) is 9.78 Å². The summed E-state index contributed by atoms with van der Waals surface area (Å²) in [4.78, 5) is 39.6. The third kappa shape index (κ3) is 5.16. The predicted molar refractivity (Wildman–Crippen MR) is 101 cm³/mol. The number of carbonyl (C=O) groups excluding carboxylic acids is 3. The van der Waals surface area contributed by atoms with Gasteiger partial charge in [-0.05, 0) is 31.0 Å². The van der Waals surface area contributed by atoms with E-state index in [0.717, 1.165) is 4.70 Å². The van der Waals surface area contributed by atoms with E-state index in [1.165, 1.54) is 18.3 Å². The van der Waals surface area contributed by atoms with Crippen molar-refractivity contribution in [2.24, 2.45) is 5.92 Å². The fraction of sp³-hybridized carbons (Fsp3) is 0.412. The lowest BCUT2D eigenvalue weighted by Gasteiger charge is -2.20. The first kappa shape index (κ1) is 19.6. The minimum Gasteiger partial charge on any atom is -0.450 e. The predicted octanol–water partition coefficient (Wildman–Crippen LogP) is 2.96. The molecular formula is C17H22N4O4S. The van der Waals surface area contributed by atoms with Crippen molar-refractivity contribution in [2.45, 2.75) is 33.7 Å². The standard InChI is InChI=1S/C17H22N4O4S/c1-5-25-17(24)20-14(9(2)3)15(23)21-16-19-12-7-6-11(18-10(4)22)8-13(12)26-16/h6-9,14H,5H2,1-4H3,(H,18,22)(H,20,24)(H,19,21,23). The normalized spacial score (nSPS) is 11.9. The number of alkyl carbamates (subject to hydrolysis) is 1. The second kappa shape index (κ2) is 8.61. The summed E-state index contributed by atoms with van der Waals surface area (Å²) >= 11 is 1.29. The molecule has 3 N–H and O–H groups in total. The molecule has 1 heterocycles. The van der Waals surface area contributed by atoms with E-state index in [2.05, 4.69) is 20.9 Å². The molecule has 140 valence electrons. The van der Waals surface area contributed by atoms with Gasteiger partial charge in [0.1, 0.15) is 6.04 Å². The number of hydrogen-bond donors (Lipinski definition) is 3. The van der Waals surface area contributed by atoms with Crippen molar-refractivity contribution < 1.29 is 19.1 Å². The Balaban J connectivity index is 2.13. The Labute approximate surface area is 155 Å². The summed E-state index contributed by atoms with van der Waals surface area (Å²) in [5.74, 6) is -0.651. The smallest absolute Gasteiger partial charge is 0.407 e. The van der Waals surface area contributed by atoms with Gasteiger partial charge < -0.3 is 20.7 Å². The van der Waals surface area contributed by atoms with Gasteiger partial charge in [-0.1, -0.05) is 25.2 Å². The number of anilines is 2. The summed E-state index contributed by atoms with van der Waals surface area (Å²) in [6.07, 6.45) is -0.634. The highest BCUT2D eigenvalue weighted by molar-refractivity contribution is 7.22. The number of ether oxygens (including phenoxy) is 1. The van der Waals surface area contributed by atoms with Gasteiger partial charge in [0, 0.05) is 12.6 Å². The van der Waals surface area contributed by atoms with Crippen molar-refractivity contribution in [2.75, 3.05) is 17.2 Å². The molecule has 0 saturated carbocycles. The summed E-state index contributed by atoms with van der Waals surface area (Å²) in [5.41, 5.74) is 1.37. The molecule has 8 nitrogen and oxygen atoms in total. The Hall–Kier alpha value is -2.68. The van der Waals surface area contributed by atoms with Crippen molar-refractivity contribution in [3.8, 4) is 0 Å². The lowest BCUT2D eigenvalue weighted by Crippen LogP contribution is -2.47. The van der Waals surface area contributed by atoms with E-state index >= 15 is 0 Å². The van der Waals surface area contributed by atoms with E-state index in [9.17, 15) is 14.4 Å². The van der Waals surface area contributed by atoms with E-state index in [0.29, 0.717) is 16.3 Å². The fourth-order valence-electron chi connectivity index (χ4n) is 2.28. The summed E-state index contributed by atoms with van der Waals surface area (Å²) in [7, 11) is 0. The first-order valence-corrected chi connectivity index (χ1v) is 9.04. The van der Waals surface area contributed by atoms with Crippen LogP contribution in [-0.4, -0.2) is 35.5 Å². The highest BCUT2D eigenvalue weighted by atomic mass is 32.1. The van der Waals surface area contributed by atoms with Crippen LogP contribution in [0.1, 0.15) is 27.7 Å². The molecule has 0 aliphatic heterocycles. The maximum Gasteiger partial charge on any atom is 0.407 e. The molecule has 1 aromatic heterocycles. The minimum atomic E-state index is -0.740. The van der Waals surface area contributed by atoms with E-state index < -0.39 is 12.1 Å². The number of nitrogens with zero attached hydrogens (tertiary/aromatic N) is 1. The first-order valence-electron chi connectivity index (χ1n) is 8.22. The van der Waals surface area contributed by atoms with Crippen LogP contribution in [-0.2, 0) is 14.3 Å². The maximum atomic E-state index is 12.5. The Bertz CT molecular complexity index is 818. The second-order valence-electron chi connectivity index (χ2n) is 5.96. The first-order chi connectivity index (χ1) is 12.3. The van der Waals surface area contributed by atoms with Gasteiger partial charge in [-0.15, -0.1) is 0 Å². The third-order valence-corrected chi connectivity index (χ3v) is 4.37. The monoisotopic (exact) mass is 378 g/mol. The molecule has 1 atom stereocenters. The third-order valence-electron chi connectivity index (χ3n) is 3.44. The molecule has 2 aromatic rings. The Morgan fingerprint density at radius 1 is 1.23 bits per heavy atom. The Morgan fingerprint density at radius 3 is 2.58 bits per heavy atom. The Morgan fingerprint density at radius 2 is 1.96 bits per heavy atom. The van der Waals surface area contributed by atoms with Gasteiger partial charge in [0.25, 0.3) is 0 Å². The van der Waals surface area contributed by atoms with E-state index in [4.69, 9.17) is 4.74 Å². The number of benzene rings is 1. The van der Waals surface area contributed by atoms with E-state index in [-0.39, 0.29) is 24.3 Å². The SMILES string of the molecule is CCOC(=O)NC(C(=O)Nc1nc2ccc(NC(C)=O)cc2s1)C(C)C. The number of fused-ring (bicyclic) bond motifs is 1. The van der Waals surface area contributed by atoms with Gasteiger partial charge in [0.15, 0.2) is 5.13 Å². The van der Waals surface area contributed by atoms with E-state index in [1.807, 2.05) is 13.8 Å². The average Bonchev–Trinajstić information content (AvgIpc) is 2.93. The number of amides is 3. The maximum absolute atomic E-state index is 12.5. The van der Waals surface area contributed by atoms with Crippen LogP contribution in [0.15, 0.2) is 18.2 Å². The number of rotatable bonds is 6. The molecule has 0 aliphatic rings. The van der Waals surface area contributed by atoms with E-state index in [1.54, 1.807) is 25.1 Å². The molecule has 26 heavy (non-hydrogen) atoms. The van der Waals surface area contributed by atoms with Crippen LogP contribution in [0.2, 0.25) is 0 Å². The molecule has 0 spiro atoms. The summed E-state index contributed by atoms with van der Waals surface area (Å²) in [6.45, 7) is 7.02. The molecule has 1 unspecified atom stereocenters. The van der Waals surface area contributed by atoms with Crippen LogP contribution in [0.4, 0.5) is 15.6 Å². The zero-order valence-corrected chi connectivity index (χ0v) is 15.9. The molecule has 3 amide bonds. The summed E-state index contributed by atoms with van der Waals surface area (Å²) < 4.78 is 5.66. The molecule has 0 aliphatic carbocycles. The molecule has 0 radical (unpaired) electrons. The van der Waals surface area contributed by atoms with Crippen molar-refractivity contribution in [3.05, 3.63) is 18.2 Å². The van der Waals surface area contributed by atoms with Crippen molar-refractivity contribution in [3.63, 3.8) is 0 Å². The second-order valence-corrected chi connectivity index (χ2v) is 6.99.